The van der Waals surface area contributed by atoms with Gasteiger partial charge in [0, 0.05) is 29.4 Å². The molecule has 0 aliphatic carbocycles. The van der Waals surface area contributed by atoms with Gasteiger partial charge in [-0.3, -0.25) is 4.98 Å². The quantitative estimate of drug-likeness (QED) is 0.923. The fourth-order valence-electron chi connectivity index (χ4n) is 1.71. The van der Waals surface area contributed by atoms with E-state index in [1.54, 1.807) is 13.0 Å². The van der Waals surface area contributed by atoms with E-state index in [0.29, 0.717) is 16.9 Å². The Labute approximate surface area is 110 Å². The van der Waals surface area contributed by atoms with Crippen molar-refractivity contribution in [1.82, 2.24) is 4.98 Å². The van der Waals surface area contributed by atoms with E-state index in [1.807, 2.05) is 0 Å². The zero-order valence-corrected chi connectivity index (χ0v) is 10.4. The molecule has 2 N–H and O–H groups in total. The number of benzene rings is 1. The van der Waals surface area contributed by atoms with Gasteiger partial charge in [-0.2, -0.15) is 0 Å². The number of pyridine rings is 1. The van der Waals surface area contributed by atoms with E-state index in [-0.39, 0.29) is 12.6 Å². The predicted octanol–water partition coefficient (Wildman–Crippen LogP) is 2.96. The van der Waals surface area contributed by atoms with Crippen LogP contribution in [0.5, 0.6) is 5.75 Å². The predicted molar refractivity (Wildman–Crippen MR) is 67.5 cm³/mol. The molecule has 1 aromatic heterocycles. The van der Waals surface area contributed by atoms with Crippen molar-refractivity contribution in [2.45, 2.75) is 19.6 Å². The third-order valence-corrected chi connectivity index (χ3v) is 2.62. The second kappa shape index (κ2) is 5.75. The van der Waals surface area contributed by atoms with E-state index < -0.39 is 11.6 Å². The molecular weight excluding hydrogens is 250 g/mol. The molecule has 3 nitrogen and oxygen atoms in total. The number of hydrogen-bond acceptors (Lipinski definition) is 3. The van der Waals surface area contributed by atoms with Crippen LogP contribution in [0.25, 0.3) is 0 Å². The molecule has 0 bridgehead atoms. The van der Waals surface area contributed by atoms with E-state index in [2.05, 4.69) is 4.98 Å². The van der Waals surface area contributed by atoms with Crippen LogP contribution in [-0.4, -0.2) is 4.98 Å². The maximum Gasteiger partial charge on any atom is 0.141 e. The highest BCUT2D eigenvalue weighted by atomic mass is 19.1. The molecule has 0 unspecified atom stereocenters. The number of aromatic nitrogens is 1. The number of nitrogens with zero attached hydrogens (tertiary/aromatic N) is 1. The summed E-state index contributed by atoms with van der Waals surface area (Å²) in [6.07, 6.45) is 2.60. The smallest absolute Gasteiger partial charge is 0.141 e. The first-order valence-electron chi connectivity index (χ1n) is 5.83. The molecule has 0 aliphatic rings. The van der Waals surface area contributed by atoms with Crippen LogP contribution in [0.2, 0.25) is 0 Å². The number of hydrogen-bond donors (Lipinski definition) is 1. The van der Waals surface area contributed by atoms with Crippen LogP contribution in [0.3, 0.4) is 0 Å². The van der Waals surface area contributed by atoms with Gasteiger partial charge >= 0.3 is 0 Å². The van der Waals surface area contributed by atoms with Gasteiger partial charge in [0.25, 0.3) is 0 Å². The minimum absolute atomic E-state index is 0.105. The van der Waals surface area contributed by atoms with E-state index in [9.17, 15) is 8.78 Å². The Kier molecular flexibility index (Phi) is 4.06. The maximum atomic E-state index is 13.2. The lowest BCUT2D eigenvalue weighted by Crippen LogP contribution is -2.08. The van der Waals surface area contributed by atoms with Gasteiger partial charge in [-0.15, -0.1) is 0 Å². The van der Waals surface area contributed by atoms with Gasteiger partial charge in [0.15, 0.2) is 0 Å². The third kappa shape index (κ3) is 3.48. The van der Waals surface area contributed by atoms with Crippen LogP contribution in [0, 0.1) is 11.6 Å². The Morgan fingerprint density at radius 3 is 2.68 bits per heavy atom. The summed E-state index contributed by atoms with van der Waals surface area (Å²) in [6, 6.07) is 5.22. The topological polar surface area (TPSA) is 48.1 Å². The highest BCUT2D eigenvalue weighted by molar-refractivity contribution is 5.36. The SMILES string of the molecule is C[C@H](N)c1ccc(F)cc1OCc1cncc(F)c1. The van der Waals surface area contributed by atoms with Crippen LogP contribution < -0.4 is 10.5 Å². The highest BCUT2D eigenvalue weighted by Crippen LogP contribution is 2.25. The average Bonchev–Trinajstić information content (AvgIpc) is 2.36. The summed E-state index contributed by atoms with van der Waals surface area (Å²) < 4.78 is 31.7. The van der Waals surface area contributed by atoms with E-state index in [0.717, 1.165) is 6.20 Å². The molecule has 0 amide bonds. The molecule has 1 atom stereocenters. The van der Waals surface area contributed by atoms with Gasteiger partial charge in [0.1, 0.15) is 24.0 Å². The molecule has 0 saturated heterocycles. The summed E-state index contributed by atoms with van der Waals surface area (Å²) in [5.41, 5.74) is 7.05. The molecule has 0 spiro atoms. The molecule has 2 aromatic rings. The van der Waals surface area contributed by atoms with Crippen molar-refractivity contribution in [2.24, 2.45) is 5.73 Å². The lowest BCUT2D eigenvalue weighted by molar-refractivity contribution is 0.298. The fourth-order valence-corrected chi connectivity index (χ4v) is 1.71. The van der Waals surface area contributed by atoms with Crippen LogP contribution in [0.4, 0.5) is 8.78 Å². The van der Waals surface area contributed by atoms with Crippen molar-refractivity contribution in [3.8, 4) is 5.75 Å². The first-order valence-corrected chi connectivity index (χ1v) is 5.83. The van der Waals surface area contributed by atoms with Gasteiger partial charge in [0.2, 0.25) is 0 Å². The average molecular weight is 264 g/mol. The van der Waals surface area contributed by atoms with Crippen LogP contribution in [0.1, 0.15) is 24.1 Å². The number of rotatable bonds is 4. The fraction of sp³-hybridized carbons (Fsp3) is 0.214. The van der Waals surface area contributed by atoms with Crippen LogP contribution >= 0.6 is 0 Å². The summed E-state index contributed by atoms with van der Waals surface area (Å²) in [7, 11) is 0. The summed E-state index contributed by atoms with van der Waals surface area (Å²) >= 11 is 0. The molecule has 0 saturated carbocycles. The number of halogens is 2. The Morgan fingerprint density at radius 2 is 2.00 bits per heavy atom. The van der Waals surface area contributed by atoms with Gasteiger partial charge < -0.3 is 10.5 Å². The number of ether oxygens (including phenoxy) is 1. The number of nitrogens with two attached hydrogens (primary N) is 1. The summed E-state index contributed by atoms with van der Waals surface area (Å²) in [5, 5.41) is 0. The molecule has 0 radical (unpaired) electrons. The summed E-state index contributed by atoms with van der Waals surface area (Å²) in [4.78, 5) is 3.72. The molecular formula is C14H14F2N2O. The lowest BCUT2D eigenvalue weighted by atomic mass is 10.1. The zero-order chi connectivity index (χ0) is 13.8. The molecule has 100 valence electrons. The standard InChI is InChI=1S/C14H14F2N2O/c1-9(17)13-3-2-11(15)5-14(13)19-8-10-4-12(16)7-18-6-10/h2-7,9H,8,17H2,1H3/t9-/m0/s1. The molecule has 19 heavy (non-hydrogen) atoms. The molecule has 5 heteroatoms. The normalized spacial score (nSPS) is 12.2. The minimum atomic E-state index is -0.437. The largest absolute Gasteiger partial charge is 0.488 e. The van der Waals surface area contributed by atoms with Gasteiger partial charge in [-0.05, 0) is 19.1 Å². The first kappa shape index (κ1) is 13.4. The molecule has 1 aromatic carbocycles. The van der Waals surface area contributed by atoms with Gasteiger partial charge in [0.05, 0.1) is 6.20 Å². The lowest BCUT2D eigenvalue weighted by Gasteiger charge is -2.14. The van der Waals surface area contributed by atoms with Crippen molar-refractivity contribution in [1.29, 1.82) is 0 Å². The summed E-state index contributed by atoms with van der Waals surface area (Å²) in [6.45, 7) is 1.89. The first-order chi connectivity index (χ1) is 9.06. The summed E-state index contributed by atoms with van der Waals surface area (Å²) in [5.74, 6) is -0.483. The Hall–Kier alpha value is -2.01. The Bertz CT molecular complexity index is 573. The van der Waals surface area contributed by atoms with E-state index >= 15 is 0 Å². The van der Waals surface area contributed by atoms with Crippen molar-refractivity contribution in [3.63, 3.8) is 0 Å². The molecule has 1 heterocycles. The van der Waals surface area contributed by atoms with Gasteiger partial charge in [-0.1, -0.05) is 6.07 Å². The van der Waals surface area contributed by atoms with Crippen molar-refractivity contribution in [3.05, 3.63) is 59.4 Å². The molecule has 0 fully saturated rings. The molecule has 0 aliphatic heterocycles. The minimum Gasteiger partial charge on any atom is -0.488 e. The van der Waals surface area contributed by atoms with Gasteiger partial charge in [-0.25, -0.2) is 8.78 Å². The van der Waals surface area contributed by atoms with Crippen molar-refractivity contribution in [2.75, 3.05) is 0 Å². The second-order valence-electron chi connectivity index (χ2n) is 4.27. The molecule has 2 rings (SSSR count). The van der Waals surface area contributed by atoms with Crippen LogP contribution in [0.15, 0.2) is 36.7 Å². The van der Waals surface area contributed by atoms with Crippen molar-refractivity contribution >= 4 is 0 Å². The van der Waals surface area contributed by atoms with Crippen LogP contribution in [-0.2, 0) is 6.61 Å². The van der Waals surface area contributed by atoms with Crippen molar-refractivity contribution < 1.29 is 13.5 Å². The van der Waals surface area contributed by atoms with E-state index in [1.165, 1.54) is 24.4 Å². The highest BCUT2D eigenvalue weighted by Gasteiger charge is 2.10. The Morgan fingerprint density at radius 1 is 1.21 bits per heavy atom. The van der Waals surface area contributed by atoms with E-state index in [4.69, 9.17) is 10.5 Å². The monoisotopic (exact) mass is 264 g/mol. The second-order valence-corrected chi connectivity index (χ2v) is 4.27. The third-order valence-electron chi connectivity index (χ3n) is 2.62. The maximum absolute atomic E-state index is 13.2. The zero-order valence-electron chi connectivity index (χ0n) is 10.4. The Balaban J connectivity index is 2.17.